The number of Topliss-reactive ketones (excluding diaryl/α,β-unsaturated/α-hetero) is 1. The van der Waals surface area contributed by atoms with Crippen molar-refractivity contribution < 1.29 is 18.0 Å². The number of hydrogen-bond acceptors (Lipinski definition) is 3. The van der Waals surface area contributed by atoms with Crippen LogP contribution < -0.4 is 0 Å². The number of rotatable bonds is 4. The Bertz CT molecular complexity index is 416. The molecule has 1 nitrogen and oxygen atoms in total. The molecule has 0 aliphatic carbocycles. The third kappa shape index (κ3) is 4.27. The molecule has 0 saturated heterocycles. The summed E-state index contributed by atoms with van der Waals surface area (Å²) in [5.41, 5.74) is -4.23. The van der Waals surface area contributed by atoms with E-state index >= 15 is 0 Å². The standard InChI is InChI=1S/C11H11F3OS2/c1-3-9(15)8-5-4-7(16-2)6-10(8)17-11(12,13)14/h4-6H,3H2,1-2H3. The zero-order valence-corrected chi connectivity index (χ0v) is 10.9. The first kappa shape index (κ1) is 14.4. The van der Waals surface area contributed by atoms with Crippen LogP contribution in [0.25, 0.3) is 0 Å². The molecule has 0 N–H and O–H groups in total. The van der Waals surface area contributed by atoms with Crippen LogP contribution >= 0.6 is 23.5 Å². The van der Waals surface area contributed by atoms with E-state index < -0.39 is 5.51 Å². The second-order valence-electron chi connectivity index (χ2n) is 3.19. The van der Waals surface area contributed by atoms with Crippen molar-refractivity contribution in [2.45, 2.75) is 28.6 Å². The Morgan fingerprint density at radius 2 is 2.00 bits per heavy atom. The monoisotopic (exact) mass is 280 g/mol. The number of benzene rings is 1. The maximum atomic E-state index is 12.4. The molecular weight excluding hydrogens is 269 g/mol. The van der Waals surface area contributed by atoms with Gasteiger partial charge < -0.3 is 0 Å². The van der Waals surface area contributed by atoms with Gasteiger partial charge in [-0.1, -0.05) is 6.92 Å². The molecule has 0 amide bonds. The van der Waals surface area contributed by atoms with Crippen molar-refractivity contribution in [1.29, 1.82) is 0 Å². The van der Waals surface area contributed by atoms with Gasteiger partial charge in [-0.2, -0.15) is 13.2 Å². The minimum atomic E-state index is -4.38. The SMILES string of the molecule is CCC(=O)c1ccc(SC)cc1SC(F)(F)F. The summed E-state index contributed by atoms with van der Waals surface area (Å²) in [6.07, 6.45) is 1.97. The maximum Gasteiger partial charge on any atom is 0.446 e. The first-order valence-corrected chi connectivity index (χ1v) is 6.88. The molecule has 1 aromatic carbocycles. The van der Waals surface area contributed by atoms with Gasteiger partial charge in [0.25, 0.3) is 0 Å². The molecule has 0 bridgehead atoms. The molecule has 0 saturated carbocycles. The van der Waals surface area contributed by atoms with Crippen LogP contribution in [-0.2, 0) is 0 Å². The number of carbonyl (C=O) groups excluding carboxylic acids is 1. The Kier molecular flexibility index (Phi) is 4.94. The molecule has 0 atom stereocenters. The highest BCUT2D eigenvalue weighted by Crippen LogP contribution is 2.40. The van der Waals surface area contributed by atoms with E-state index in [1.54, 1.807) is 19.2 Å². The molecule has 6 heteroatoms. The second kappa shape index (κ2) is 5.82. The Labute approximate surface area is 106 Å². The van der Waals surface area contributed by atoms with Crippen molar-refractivity contribution in [1.82, 2.24) is 0 Å². The summed E-state index contributed by atoms with van der Waals surface area (Å²) < 4.78 is 37.1. The second-order valence-corrected chi connectivity index (χ2v) is 5.17. The maximum absolute atomic E-state index is 12.4. The molecule has 0 aromatic heterocycles. The molecule has 0 heterocycles. The van der Waals surface area contributed by atoms with Gasteiger partial charge in [-0.15, -0.1) is 11.8 Å². The summed E-state index contributed by atoms with van der Waals surface area (Å²) >= 11 is 1.11. The van der Waals surface area contributed by atoms with Crippen molar-refractivity contribution in [3.63, 3.8) is 0 Å². The lowest BCUT2D eigenvalue weighted by atomic mass is 10.1. The van der Waals surface area contributed by atoms with E-state index in [0.717, 1.165) is 0 Å². The average molecular weight is 280 g/mol. The van der Waals surface area contributed by atoms with Crippen LogP contribution in [0.15, 0.2) is 28.0 Å². The summed E-state index contributed by atoms with van der Waals surface area (Å²) in [6, 6.07) is 4.53. The third-order valence-corrected chi connectivity index (χ3v) is 3.55. The van der Waals surface area contributed by atoms with Crippen molar-refractivity contribution >= 4 is 29.3 Å². The van der Waals surface area contributed by atoms with Gasteiger partial charge in [0.05, 0.1) is 0 Å². The van der Waals surface area contributed by atoms with Crippen LogP contribution in [0.1, 0.15) is 23.7 Å². The fourth-order valence-corrected chi connectivity index (χ4v) is 2.50. The number of halogens is 3. The third-order valence-electron chi connectivity index (χ3n) is 2.04. The van der Waals surface area contributed by atoms with Crippen LogP contribution in [0.5, 0.6) is 0 Å². The molecule has 0 unspecified atom stereocenters. The van der Waals surface area contributed by atoms with E-state index in [1.165, 1.54) is 23.9 Å². The molecular formula is C11H11F3OS2. The lowest BCUT2D eigenvalue weighted by molar-refractivity contribution is -0.0328. The topological polar surface area (TPSA) is 17.1 Å². The quantitative estimate of drug-likeness (QED) is 0.592. The smallest absolute Gasteiger partial charge is 0.294 e. The number of thioether (sulfide) groups is 2. The van der Waals surface area contributed by atoms with Crippen LogP contribution in [0.4, 0.5) is 13.2 Å². The fourth-order valence-electron chi connectivity index (χ4n) is 1.26. The van der Waals surface area contributed by atoms with E-state index in [1.807, 2.05) is 0 Å². The highest BCUT2D eigenvalue weighted by molar-refractivity contribution is 8.00. The van der Waals surface area contributed by atoms with Crippen molar-refractivity contribution in [2.24, 2.45) is 0 Å². The molecule has 0 radical (unpaired) electrons. The van der Waals surface area contributed by atoms with Crippen LogP contribution in [0.3, 0.4) is 0 Å². The first-order chi connectivity index (χ1) is 7.87. The number of alkyl halides is 3. The van der Waals surface area contributed by atoms with Crippen molar-refractivity contribution in [3.05, 3.63) is 23.8 Å². The van der Waals surface area contributed by atoms with Crippen molar-refractivity contribution in [2.75, 3.05) is 6.26 Å². The van der Waals surface area contributed by atoms with Crippen LogP contribution in [-0.4, -0.2) is 17.5 Å². The summed E-state index contributed by atoms with van der Waals surface area (Å²) in [4.78, 5) is 12.2. The van der Waals surface area contributed by atoms with Gasteiger partial charge >= 0.3 is 5.51 Å². The van der Waals surface area contributed by atoms with Crippen molar-refractivity contribution in [3.8, 4) is 0 Å². The largest absolute Gasteiger partial charge is 0.446 e. The summed E-state index contributed by atoms with van der Waals surface area (Å²) in [6.45, 7) is 1.63. The van der Waals surface area contributed by atoms with Gasteiger partial charge in [-0.3, -0.25) is 4.79 Å². The van der Waals surface area contributed by atoms with Gasteiger partial charge in [-0.05, 0) is 36.2 Å². The predicted molar refractivity (Wildman–Crippen MR) is 64.8 cm³/mol. The molecule has 1 aromatic rings. The number of carbonyl (C=O) groups is 1. The summed E-state index contributed by atoms with van der Waals surface area (Å²) in [5.74, 6) is -0.274. The number of hydrogen-bond donors (Lipinski definition) is 0. The Hall–Kier alpha value is -0.620. The first-order valence-electron chi connectivity index (χ1n) is 4.84. The predicted octanol–water partition coefficient (Wildman–Crippen LogP) is 4.61. The minimum absolute atomic E-state index is 0.0174. The molecule has 0 aliphatic rings. The zero-order chi connectivity index (χ0) is 13.1. The average Bonchev–Trinajstić information content (AvgIpc) is 2.25. The highest BCUT2D eigenvalue weighted by Gasteiger charge is 2.31. The number of ketones is 1. The minimum Gasteiger partial charge on any atom is -0.294 e. The van der Waals surface area contributed by atoms with Gasteiger partial charge in [0.2, 0.25) is 0 Å². The van der Waals surface area contributed by atoms with E-state index in [9.17, 15) is 18.0 Å². The molecule has 94 valence electrons. The van der Waals surface area contributed by atoms with E-state index in [2.05, 4.69) is 0 Å². The van der Waals surface area contributed by atoms with Gasteiger partial charge in [0.15, 0.2) is 5.78 Å². The van der Waals surface area contributed by atoms with E-state index in [-0.39, 0.29) is 34.4 Å². The molecule has 0 aliphatic heterocycles. The van der Waals surface area contributed by atoms with Gasteiger partial charge in [-0.25, -0.2) is 0 Å². The van der Waals surface area contributed by atoms with Gasteiger partial charge in [0, 0.05) is 21.8 Å². The Morgan fingerprint density at radius 3 is 2.47 bits per heavy atom. The Morgan fingerprint density at radius 1 is 1.35 bits per heavy atom. The highest BCUT2D eigenvalue weighted by atomic mass is 32.2. The van der Waals surface area contributed by atoms with E-state index in [0.29, 0.717) is 4.90 Å². The molecule has 1 rings (SSSR count). The Balaban J connectivity index is 3.16. The molecule has 0 fully saturated rings. The molecule has 0 spiro atoms. The molecule has 17 heavy (non-hydrogen) atoms. The van der Waals surface area contributed by atoms with E-state index in [4.69, 9.17) is 0 Å². The normalized spacial score (nSPS) is 11.6. The fraction of sp³-hybridized carbons (Fsp3) is 0.364. The van der Waals surface area contributed by atoms with Crippen LogP contribution in [0, 0.1) is 0 Å². The summed E-state index contributed by atoms with van der Waals surface area (Å²) in [7, 11) is 0. The summed E-state index contributed by atoms with van der Waals surface area (Å²) in [5, 5.41) is 0. The van der Waals surface area contributed by atoms with Crippen LogP contribution in [0.2, 0.25) is 0 Å². The zero-order valence-electron chi connectivity index (χ0n) is 9.30. The lowest BCUT2D eigenvalue weighted by Gasteiger charge is -2.11. The van der Waals surface area contributed by atoms with Gasteiger partial charge in [0.1, 0.15) is 0 Å². The lowest BCUT2D eigenvalue weighted by Crippen LogP contribution is -2.04.